The zero-order chi connectivity index (χ0) is 16.4. The van der Waals surface area contributed by atoms with Gasteiger partial charge in [-0.1, -0.05) is 24.3 Å². The Morgan fingerprint density at radius 3 is 2.62 bits per heavy atom. The van der Waals surface area contributed by atoms with Crippen LogP contribution in [-0.4, -0.2) is 10.9 Å². The normalized spacial score (nSPS) is 13.1. The molecule has 2 heterocycles. The van der Waals surface area contributed by atoms with Gasteiger partial charge in [0, 0.05) is 24.4 Å². The fourth-order valence-electron chi connectivity index (χ4n) is 2.86. The molecule has 1 aliphatic rings. The van der Waals surface area contributed by atoms with Crippen molar-refractivity contribution in [1.82, 2.24) is 4.98 Å². The molecule has 0 atom stereocenters. The summed E-state index contributed by atoms with van der Waals surface area (Å²) in [6.07, 6.45) is 4.79. The minimum absolute atomic E-state index is 0.0227. The van der Waals surface area contributed by atoms with Crippen LogP contribution >= 0.6 is 0 Å². The summed E-state index contributed by atoms with van der Waals surface area (Å²) in [5, 5.41) is 2.95. The van der Waals surface area contributed by atoms with E-state index in [0.29, 0.717) is 18.6 Å². The number of para-hydroxylation sites is 1. The lowest BCUT2D eigenvalue weighted by atomic mass is 9.97. The summed E-state index contributed by atoms with van der Waals surface area (Å²) in [4.78, 5) is 16.0. The number of nitrogens with zero attached hydrogens (tertiary/aromatic N) is 1. The quantitative estimate of drug-likeness (QED) is 0.778. The van der Waals surface area contributed by atoms with Crippen LogP contribution in [0.25, 0.3) is 11.1 Å². The number of ether oxygens (including phenoxy) is 1. The first-order valence-corrected chi connectivity index (χ1v) is 7.90. The molecule has 1 aromatic heterocycles. The van der Waals surface area contributed by atoms with Gasteiger partial charge in [0.1, 0.15) is 5.75 Å². The second-order valence-corrected chi connectivity index (χ2v) is 5.71. The van der Waals surface area contributed by atoms with Crippen molar-refractivity contribution < 1.29 is 9.53 Å². The fourth-order valence-corrected chi connectivity index (χ4v) is 2.86. The van der Waals surface area contributed by atoms with Gasteiger partial charge >= 0.3 is 0 Å². The van der Waals surface area contributed by atoms with E-state index in [9.17, 15) is 4.79 Å². The molecule has 1 aliphatic heterocycles. The number of hydrogen-bond donors (Lipinski definition) is 1. The summed E-state index contributed by atoms with van der Waals surface area (Å²) in [6, 6.07) is 17.6. The highest BCUT2D eigenvalue weighted by Gasteiger charge is 2.21. The number of carbonyl (C=O) groups excluding carboxylic acids is 1. The number of nitrogens with one attached hydrogen (secondary N) is 1. The van der Waals surface area contributed by atoms with E-state index < -0.39 is 0 Å². The fraction of sp³-hybridized carbons (Fsp3) is 0.100. The molecule has 4 nitrogen and oxygen atoms in total. The van der Waals surface area contributed by atoms with E-state index in [1.807, 2.05) is 54.7 Å². The third-order valence-corrected chi connectivity index (χ3v) is 4.04. The summed E-state index contributed by atoms with van der Waals surface area (Å²) in [5.74, 6) is 1.42. The number of aryl methyl sites for hydroxylation is 1. The van der Waals surface area contributed by atoms with E-state index in [1.54, 1.807) is 6.20 Å². The van der Waals surface area contributed by atoms with Gasteiger partial charge in [-0.25, -0.2) is 0 Å². The molecular weight excluding hydrogens is 300 g/mol. The Morgan fingerprint density at radius 1 is 0.958 bits per heavy atom. The van der Waals surface area contributed by atoms with Crippen LogP contribution in [-0.2, 0) is 11.2 Å². The van der Waals surface area contributed by atoms with Gasteiger partial charge in [0.25, 0.3) is 0 Å². The van der Waals surface area contributed by atoms with Crippen LogP contribution in [0.3, 0.4) is 0 Å². The zero-order valence-electron chi connectivity index (χ0n) is 13.0. The maximum Gasteiger partial charge on any atom is 0.224 e. The van der Waals surface area contributed by atoms with Crippen molar-refractivity contribution in [3.8, 4) is 22.6 Å². The van der Waals surface area contributed by atoms with E-state index in [2.05, 4.69) is 16.4 Å². The number of anilines is 1. The first kappa shape index (κ1) is 14.5. The van der Waals surface area contributed by atoms with Gasteiger partial charge in [-0.15, -0.1) is 0 Å². The van der Waals surface area contributed by atoms with E-state index >= 15 is 0 Å². The van der Waals surface area contributed by atoms with Gasteiger partial charge in [-0.3, -0.25) is 9.78 Å². The summed E-state index contributed by atoms with van der Waals surface area (Å²) in [7, 11) is 0. The Morgan fingerprint density at radius 2 is 1.83 bits per heavy atom. The Kier molecular flexibility index (Phi) is 3.71. The average Bonchev–Trinajstić information content (AvgIpc) is 2.63. The third-order valence-electron chi connectivity index (χ3n) is 4.04. The highest BCUT2D eigenvalue weighted by Crippen LogP contribution is 2.39. The number of aromatic nitrogens is 1. The molecule has 0 fully saturated rings. The molecule has 4 rings (SSSR count). The Balaban J connectivity index is 1.81. The van der Waals surface area contributed by atoms with Crippen molar-refractivity contribution in [2.75, 3.05) is 5.32 Å². The van der Waals surface area contributed by atoms with Crippen LogP contribution in [0.15, 0.2) is 67.0 Å². The smallest absolute Gasteiger partial charge is 0.224 e. The third kappa shape index (κ3) is 2.86. The van der Waals surface area contributed by atoms with Gasteiger partial charge in [-0.05, 0) is 47.9 Å². The number of amides is 1. The lowest BCUT2D eigenvalue weighted by Gasteiger charge is -2.21. The number of fused-ring (bicyclic) bond motifs is 1. The van der Waals surface area contributed by atoms with Crippen molar-refractivity contribution in [2.45, 2.75) is 12.8 Å². The topological polar surface area (TPSA) is 51.2 Å². The summed E-state index contributed by atoms with van der Waals surface area (Å²) in [5.41, 5.74) is 3.91. The van der Waals surface area contributed by atoms with Gasteiger partial charge in [0.2, 0.25) is 5.91 Å². The minimum Gasteiger partial charge on any atom is -0.455 e. The number of hydrogen-bond acceptors (Lipinski definition) is 3. The Hall–Kier alpha value is -3.14. The number of benzene rings is 2. The number of carbonyl (C=O) groups is 1. The lowest BCUT2D eigenvalue weighted by Crippen LogP contribution is -2.19. The molecule has 0 saturated carbocycles. The van der Waals surface area contributed by atoms with Crippen molar-refractivity contribution in [3.63, 3.8) is 0 Å². The molecule has 2 aromatic carbocycles. The summed E-state index contributed by atoms with van der Waals surface area (Å²) < 4.78 is 6.05. The van der Waals surface area contributed by atoms with Crippen molar-refractivity contribution in [3.05, 3.63) is 72.6 Å². The molecule has 24 heavy (non-hydrogen) atoms. The van der Waals surface area contributed by atoms with E-state index in [1.165, 1.54) is 0 Å². The molecule has 3 aromatic rings. The van der Waals surface area contributed by atoms with Crippen molar-refractivity contribution >= 4 is 11.6 Å². The monoisotopic (exact) mass is 316 g/mol. The predicted molar refractivity (Wildman–Crippen MR) is 93.1 cm³/mol. The largest absolute Gasteiger partial charge is 0.455 e. The average molecular weight is 316 g/mol. The number of pyridine rings is 1. The maximum absolute atomic E-state index is 11.8. The predicted octanol–water partition coefficient (Wildman–Crippen LogP) is 4.43. The molecule has 1 N–H and O–H groups in total. The molecule has 0 bridgehead atoms. The van der Waals surface area contributed by atoms with Crippen molar-refractivity contribution in [1.29, 1.82) is 0 Å². The summed E-state index contributed by atoms with van der Waals surface area (Å²) >= 11 is 0. The van der Waals surface area contributed by atoms with Crippen LogP contribution in [0.5, 0.6) is 11.5 Å². The second kappa shape index (κ2) is 6.16. The van der Waals surface area contributed by atoms with Gasteiger partial charge in [0.05, 0.1) is 5.69 Å². The van der Waals surface area contributed by atoms with Crippen LogP contribution in [0, 0.1) is 0 Å². The van der Waals surface area contributed by atoms with Crippen molar-refractivity contribution in [2.24, 2.45) is 0 Å². The molecule has 118 valence electrons. The SMILES string of the molecule is O=C1CCc2cc(-c3cccnc3)cc(Oc3ccccc3)c2N1. The first-order valence-electron chi connectivity index (χ1n) is 7.90. The van der Waals surface area contributed by atoms with Gasteiger partial charge in [0.15, 0.2) is 5.75 Å². The molecule has 0 aliphatic carbocycles. The molecule has 1 amide bonds. The van der Waals surface area contributed by atoms with Crippen LogP contribution < -0.4 is 10.1 Å². The highest BCUT2D eigenvalue weighted by molar-refractivity contribution is 5.96. The van der Waals surface area contributed by atoms with Crippen LogP contribution in [0.2, 0.25) is 0 Å². The molecule has 0 saturated heterocycles. The molecule has 0 radical (unpaired) electrons. The Labute approximate surface area is 140 Å². The Bertz CT molecular complexity index is 877. The van der Waals surface area contributed by atoms with E-state index in [-0.39, 0.29) is 5.91 Å². The zero-order valence-corrected chi connectivity index (χ0v) is 13.0. The number of rotatable bonds is 3. The standard InChI is InChI=1S/C20H16N2O2/c23-19-9-8-14-11-16(15-5-4-10-21-13-15)12-18(20(14)22-19)24-17-6-2-1-3-7-17/h1-7,10-13H,8-9H2,(H,22,23). The molecule has 4 heteroatoms. The lowest BCUT2D eigenvalue weighted by molar-refractivity contribution is -0.116. The van der Waals surface area contributed by atoms with Gasteiger partial charge < -0.3 is 10.1 Å². The maximum atomic E-state index is 11.8. The molecular formula is C20H16N2O2. The second-order valence-electron chi connectivity index (χ2n) is 5.71. The van der Waals surface area contributed by atoms with Crippen LogP contribution in [0.4, 0.5) is 5.69 Å². The summed E-state index contributed by atoms with van der Waals surface area (Å²) in [6.45, 7) is 0. The highest BCUT2D eigenvalue weighted by atomic mass is 16.5. The van der Waals surface area contributed by atoms with E-state index in [4.69, 9.17) is 4.74 Å². The van der Waals surface area contributed by atoms with E-state index in [0.717, 1.165) is 28.1 Å². The minimum atomic E-state index is 0.0227. The van der Waals surface area contributed by atoms with Crippen LogP contribution in [0.1, 0.15) is 12.0 Å². The molecule has 0 spiro atoms. The molecule has 0 unspecified atom stereocenters. The van der Waals surface area contributed by atoms with Gasteiger partial charge in [-0.2, -0.15) is 0 Å². The first-order chi connectivity index (χ1) is 11.8.